The number of fused-ring (bicyclic) bond motifs is 1. The summed E-state index contributed by atoms with van der Waals surface area (Å²) in [5.41, 5.74) is 1.82. The van der Waals surface area contributed by atoms with E-state index >= 15 is 0 Å². The molecule has 1 amide bonds. The number of benzene rings is 1. The Bertz CT molecular complexity index is 1250. The number of rotatable bonds is 7. The van der Waals surface area contributed by atoms with Crippen LogP contribution in [0.5, 0.6) is 5.88 Å². The van der Waals surface area contributed by atoms with Crippen LogP contribution in [0.4, 0.5) is 4.39 Å². The Morgan fingerprint density at radius 3 is 2.68 bits per heavy atom. The van der Waals surface area contributed by atoms with Gasteiger partial charge < -0.3 is 9.30 Å². The van der Waals surface area contributed by atoms with Crippen LogP contribution in [-0.2, 0) is 17.1 Å². The van der Waals surface area contributed by atoms with E-state index < -0.39 is 27.0 Å². The SMILES string of the molecule is CC(C)COc1ccc(-c2cn(C)c3cc(C(=O)NS(=O)(=O)C4CC4)c(F)cc23)cn1. The highest BCUT2D eigenvalue weighted by molar-refractivity contribution is 7.91. The van der Waals surface area contributed by atoms with Crippen LogP contribution in [0.25, 0.3) is 22.0 Å². The summed E-state index contributed by atoms with van der Waals surface area (Å²) in [5, 5.41) is 0.0316. The summed E-state index contributed by atoms with van der Waals surface area (Å²) < 4.78 is 48.2. The summed E-state index contributed by atoms with van der Waals surface area (Å²) in [5.74, 6) is -0.844. The zero-order chi connectivity index (χ0) is 22.3. The van der Waals surface area contributed by atoms with Crippen molar-refractivity contribution in [2.45, 2.75) is 31.9 Å². The predicted octanol–water partition coefficient (Wildman–Crippen LogP) is 3.64. The third-order valence-corrected chi connectivity index (χ3v) is 6.95. The quantitative estimate of drug-likeness (QED) is 0.600. The fourth-order valence-corrected chi connectivity index (χ4v) is 4.62. The summed E-state index contributed by atoms with van der Waals surface area (Å²) in [6.45, 7) is 4.66. The molecule has 2 heterocycles. The molecule has 31 heavy (non-hydrogen) atoms. The molecular weight excluding hydrogens is 421 g/mol. The van der Waals surface area contributed by atoms with E-state index in [1.807, 2.05) is 17.0 Å². The number of carbonyl (C=O) groups excluding carboxylic acids is 1. The standard InChI is InChI=1S/C22H24FN3O4S/c1-13(2)12-30-21-7-4-14(10-24-21)18-11-26(3)20-9-17(19(23)8-16(18)20)22(27)25-31(28,29)15-5-6-15/h4,7-11,13,15H,5-6,12H2,1-3H3,(H,25,27). The smallest absolute Gasteiger partial charge is 0.267 e. The van der Waals surface area contributed by atoms with Crippen molar-refractivity contribution < 1.29 is 22.3 Å². The summed E-state index contributed by atoms with van der Waals surface area (Å²) in [7, 11) is -1.98. The van der Waals surface area contributed by atoms with Crippen molar-refractivity contribution in [2.75, 3.05) is 6.61 Å². The Kier molecular flexibility index (Phi) is 5.47. The molecule has 1 fully saturated rings. The lowest BCUT2D eigenvalue weighted by molar-refractivity contribution is 0.0977. The number of aromatic nitrogens is 2. The number of pyridine rings is 1. The number of nitrogens with one attached hydrogen (secondary N) is 1. The normalized spacial score (nSPS) is 14.2. The molecule has 3 aromatic rings. The lowest BCUT2D eigenvalue weighted by Gasteiger charge is -2.09. The topological polar surface area (TPSA) is 90.3 Å². The van der Waals surface area contributed by atoms with Gasteiger partial charge in [0, 0.05) is 47.5 Å². The Balaban J connectivity index is 1.65. The van der Waals surface area contributed by atoms with Crippen molar-refractivity contribution in [3.05, 3.63) is 48.0 Å². The first-order valence-electron chi connectivity index (χ1n) is 10.1. The fraction of sp³-hybridized carbons (Fsp3) is 0.364. The monoisotopic (exact) mass is 445 g/mol. The van der Waals surface area contributed by atoms with Crippen LogP contribution in [0.1, 0.15) is 37.0 Å². The van der Waals surface area contributed by atoms with E-state index in [-0.39, 0.29) is 5.56 Å². The summed E-state index contributed by atoms with van der Waals surface area (Å²) in [6.07, 6.45) is 4.50. The highest BCUT2D eigenvalue weighted by Gasteiger charge is 2.37. The number of nitrogens with zero attached hydrogens (tertiary/aromatic N) is 2. The first-order chi connectivity index (χ1) is 14.7. The van der Waals surface area contributed by atoms with Gasteiger partial charge in [-0.05, 0) is 37.0 Å². The third kappa shape index (κ3) is 4.41. The van der Waals surface area contributed by atoms with Gasteiger partial charge >= 0.3 is 0 Å². The number of ether oxygens (including phenoxy) is 1. The second-order valence-electron chi connectivity index (χ2n) is 8.27. The lowest BCUT2D eigenvalue weighted by atomic mass is 10.0. The van der Waals surface area contributed by atoms with Gasteiger partial charge in [-0.25, -0.2) is 22.5 Å². The zero-order valence-electron chi connectivity index (χ0n) is 17.6. The highest BCUT2D eigenvalue weighted by atomic mass is 32.2. The second-order valence-corrected chi connectivity index (χ2v) is 10.2. The summed E-state index contributed by atoms with van der Waals surface area (Å²) in [6, 6.07) is 6.24. The van der Waals surface area contributed by atoms with Gasteiger partial charge in [0.15, 0.2) is 0 Å². The van der Waals surface area contributed by atoms with E-state index in [0.717, 1.165) is 11.1 Å². The molecule has 0 spiro atoms. The minimum atomic E-state index is -3.76. The van der Waals surface area contributed by atoms with Crippen LogP contribution < -0.4 is 9.46 Å². The number of sulfonamides is 1. The van der Waals surface area contributed by atoms with Crippen molar-refractivity contribution in [3.63, 3.8) is 0 Å². The van der Waals surface area contributed by atoms with Crippen LogP contribution in [0.2, 0.25) is 0 Å². The average Bonchev–Trinajstić information content (AvgIpc) is 3.52. The van der Waals surface area contributed by atoms with Crippen molar-refractivity contribution in [1.29, 1.82) is 0 Å². The molecule has 1 aliphatic rings. The number of aryl methyl sites for hydroxylation is 1. The van der Waals surface area contributed by atoms with Crippen molar-refractivity contribution in [1.82, 2.24) is 14.3 Å². The molecule has 1 saturated carbocycles. The number of halogens is 1. The van der Waals surface area contributed by atoms with E-state index in [1.54, 1.807) is 23.9 Å². The maximum atomic E-state index is 14.8. The minimum absolute atomic E-state index is 0.306. The van der Waals surface area contributed by atoms with Gasteiger partial charge in [0.1, 0.15) is 5.82 Å². The molecule has 0 unspecified atom stereocenters. The largest absolute Gasteiger partial charge is 0.477 e. The number of amides is 1. The first-order valence-corrected chi connectivity index (χ1v) is 11.6. The lowest BCUT2D eigenvalue weighted by Crippen LogP contribution is -2.33. The van der Waals surface area contributed by atoms with Gasteiger partial charge in [0.05, 0.1) is 17.4 Å². The van der Waals surface area contributed by atoms with Gasteiger partial charge in [-0.3, -0.25) is 4.79 Å². The van der Waals surface area contributed by atoms with E-state index in [4.69, 9.17) is 4.74 Å². The predicted molar refractivity (Wildman–Crippen MR) is 116 cm³/mol. The van der Waals surface area contributed by atoms with Gasteiger partial charge in [-0.2, -0.15) is 0 Å². The van der Waals surface area contributed by atoms with Crippen molar-refractivity contribution >= 4 is 26.8 Å². The van der Waals surface area contributed by atoms with Crippen LogP contribution in [0, 0.1) is 11.7 Å². The molecule has 0 radical (unpaired) electrons. The highest BCUT2D eigenvalue weighted by Crippen LogP contribution is 2.33. The van der Waals surface area contributed by atoms with Gasteiger partial charge in [-0.15, -0.1) is 0 Å². The van der Waals surface area contributed by atoms with Gasteiger partial charge in [-0.1, -0.05) is 13.8 Å². The molecule has 0 atom stereocenters. The molecule has 0 saturated heterocycles. The fourth-order valence-electron chi connectivity index (χ4n) is 3.33. The summed E-state index contributed by atoms with van der Waals surface area (Å²) >= 11 is 0. The van der Waals surface area contributed by atoms with Crippen molar-refractivity contribution in [2.24, 2.45) is 13.0 Å². The zero-order valence-corrected chi connectivity index (χ0v) is 18.4. The van der Waals surface area contributed by atoms with Crippen LogP contribution in [-0.4, -0.2) is 35.7 Å². The average molecular weight is 446 g/mol. The number of carbonyl (C=O) groups is 1. The number of hydrogen-bond donors (Lipinski definition) is 1. The number of hydrogen-bond acceptors (Lipinski definition) is 5. The van der Waals surface area contributed by atoms with Crippen LogP contribution in [0.3, 0.4) is 0 Å². The van der Waals surface area contributed by atoms with E-state index in [2.05, 4.69) is 18.8 Å². The van der Waals surface area contributed by atoms with Crippen LogP contribution >= 0.6 is 0 Å². The Morgan fingerprint density at radius 1 is 1.32 bits per heavy atom. The molecule has 1 aliphatic carbocycles. The molecule has 7 nitrogen and oxygen atoms in total. The third-order valence-electron chi connectivity index (χ3n) is 5.13. The van der Waals surface area contributed by atoms with E-state index in [0.29, 0.717) is 42.1 Å². The summed E-state index contributed by atoms with van der Waals surface area (Å²) in [4.78, 5) is 16.7. The van der Waals surface area contributed by atoms with Gasteiger partial charge in [0.25, 0.3) is 5.91 Å². The Labute approximate surface area is 180 Å². The van der Waals surface area contributed by atoms with E-state index in [1.165, 1.54) is 12.1 Å². The molecule has 2 aromatic heterocycles. The minimum Gasteiger partial charge on any atom is -0.477 e. The van der Waals surface area contributed by atoms with E-state index in [9.17, 15) is 17.6 Å². The second kappa shape index (κ2) is 7.96. The Morgan fingerprint density at radius 2 is 2.06 bits per heavy atom. The molecule has 164 valence electrons. The molecule has 4 rings (SSSR count). The molecule has 0 aliphatic heterocycles. The molecular formula is C22H24FN3O4S. The maximum absolute atomic E-state index is 14.8. The Hall–Kier alpha value is -2.94. The molecule has 0 bridgehead atoms. The van der Waals surface area contributed by atoms with Crippen LogP contribution in [0.15, 0.2) is 36.7 Å². The maximum Gasteiger partial charge on any atom is 0.267 e. The molecule has 9 heteroatoms. The van der Waals surface area contributed by atoms with Crippen molar-refractivity contribution in [3.8, 4) is 17.0 Å². The molecule has 1 aromatic carbocycles. The van der Waals surface area contributed by atoms with Gasteiger partial charge in [0.2, 0.25) is 15.9 Å². The first kappa shape index (κ1) is 21.3. The molecule has 1 N–H and O–H groups in total.